The van der Waals surface area contributed by atoms with Crippen LogP contribution in [0.3, 0.4) is 0 Å². The molecular weight excluding hydrogens is 363 g/mol. The number of hydrogen-bond donors (Lipinski definition) is 0. The van der Waals surface area contributed by atoms with E-state index in [1.54, 1.807) is 0 Å². The zero-order valence-corrected chi connectivity index (χ0v) is 20.3. The van der Waals surface area contributed by atoms with Crippen molar-refractivity contribution in [3.8, 4) is 0 Å². The van der Waals surface area contributed by atoms with E-state index in [4.69, 9.17) is 9.47 Å². The molecule has 0 bridgehead atoms. The van der Waals surface area contributed by atoms with Crippen molar-refractivity contribution < 1.29 is 13.9 Å². The first-order chi connectivity index (χ1) is 14.2. The van der Waals surface area contributed by atoms with Crippen LogP contribution in [0.2, 0.25) is 0 Å². The molecule has 176 valence electrons. The van der Waals surface area contributed by atoms with Gasteiger partial charge in [-0.1, -0.05) is 104 Å². The van der Waals surface area contributed by atoms with Crippen LogP contribution in [0.4, 0.5) is 4.39 Å². The molecule has 0 radical (unpaired) electrons. The van der Waals surface area contributed by atoms with Crippen molar-refractivity contribution in [2.24, 2.45) is 0 Å². The second-order valence-corrected chi connectivity index (χ2v) is 8.64. The van der Waals surface area contributed by atoms with Crippen molar-refractivity contribution in [1.82, 2.24) is 0 Å². The summed E-state index contributed by atoms with van der Waals surface area (Å²) in [6.07, 6.45) is 23.3. The highest BCUT2D eigenvalue weighted by molar-refractivity contribution is 4.69. The topological polar surface area (TPSA) is 18.5 Å². The summed E-state index contributed by atoms with van der Waals surface area (Å²) in [6.45, 7) is 7.87. The molecule has 0 rings (SSSR count). The Morgan fingerprint density at radius 2 is 1.03 bits per heavy atom. The van der Waals surface area contributed by atoms with Gasteiger partial charge in [-0.25, -0.2) is 0 Å². The van der Waals surface area contributed by atoms with Crippen LogP contribution < -0.4 is 0 Å². The minimum absolute atomic E-state index is 0.171. The standard InChI is InChI=1S/C26H53FO2/c1-4-7-8-9-10-11-12-13-14-17-20-23-26(5-2,28-6-3)29-25-22-19-16-15-18-21-24-27/h4-25H2,1-3H3. The van der Waals surface area contributed by atoms with Crippen molar-refractivity contribution in [3.63, 3.8) is 0 Å². The summed E-state index contributed by atoms with van der Waals surface area (Å²) in [5.74, 6) is -0.373. The Morgan fingerprint density at radius 3 is 1.52 bits per heavy atom. The number of ether oxygens (including phenoxy) is 2. The molecule has 0 aliphatic rings. The van der Waals surface area contributed by atoms with E-state index in [0.717, 1.165) is 51.7 Å². The summed E-state index contributed by atoms with van der Waals surface area (Å²) in [4.78, 5) is 0. The lowest BCUT2D eigenvalue weighted by atomic mass is 10.0. The van der Waals surface area contributed by atoms with E-state index in [2.05, 4.69) is 20.8 Å². The first-order valence-corrected chi connectivity index (χ1v) is 13.1. The van der Waals surface area contributed by atoms with Gasteiger partial charge in [-0.15, -0.1) is 0 Å². The van der Waals surface area contributed by atoms with Crippen LogP contribution in [0.25, 0.3) is 0 Å². The molecule has 0 saturated heterocycles. The third-order valence-electron chi connectivity index (χ3n) is 6.00. The molecule has 1 atom stereocenters. The Kier molecular flexibility index (Phi) is 22.4. The molecule has 0 N–H and O–H groups in total. The van der Waals surface area contributed by atoms with Gasteiger partial charge in [0.05, 0.1) is 13.3 Å². The van der Waals surface area contributed by atoms with E-state index in [1.165, 1.54) is 83.5 Å². The predicted octanol–water partition coefficient (Wildman–Crippen LogP) is 9.16. The monoisotopic (exact) mass is 416 g/mol. The van der Waals surface area contributed by atoms with E-state index in [-0.39, 0.29) is 12.5 Å². The van der Waals surface area contributed by atoms with Crippen LogP contribution in [-0.2, 0) is 9.47 Å². The van der Waals surface area contributed by atoms with E-state index >= 15 is 0 Å². The van der Waals surface area contributed by atoms with Gasteiger partial charge in [0, 0.05) is 13.0 Å². The highest BCUT2D eigenvalue weighted by atomic mass is 19.1. The van der Waals surface area contributed by atoms with Gasteiger partial charge in [0.25, 0.3) is 0 Å². The first kappa shape index (κ1) is 28.9. The minimum atomic E-state index is -0.373. The SMILES string of the molecule is CCCCCCCCCCCCCC(CC)(OCC)OCCCCCCCCF. The molecule has 29 heavy (non-hydrogen) atoms. The van der Waals surface area contributed by atoms with Gasteiger partial charge in [0.15, 0.2) is 5.79 Å². The fourth-order valence-corrected chi connectivity index (χ4v) is 4.05. The maximum atomic E-state index is 12.1. The van der Waals surface area contributed by atoms with Crippen molar-refractivity contribution in [2.45, 2.75) is 149 Å². The molecule has 0 saturated carbocycles. The van der Waals surface area contributed by atoms with Crippen molar-refractivity contribution in [1.29, 1.82) is 0 Å². The zero-order chi connectivity index (χ0) is 21.5. The lowest BCUT2D eigenvalue weighted by molar-refractivity contribution is -0.241. The highest BCUT2D eigenvalue weighted by Gasteiger charge is 2.28. The van der Waals surface area contributed by atoms with Gasteiger partial charge in [-0.05, 0) is 32.6 Å². The smallest absolute Gasteiger partial charge is 0.167 e. The summed E-state index contributed by atoms with van der Waals surface area (Å²) >= 11 is 0. The molecule has 0 fully saturated rings. The number of rotatable bonds is 24. The van der Waals surface area contributed by atoms with Crippen LogP contribution in [0.15, 0.2) is 0 Å². The summed E-state index contributed by atoms with van der Waals surface area (Å²) in [6, 6.07) is 0. The molecule has 1 unspecified atom stereocenters. The van der Waals surface area contributed by atoms with Crippen molar-refractivity contribution in [2.75, 3.05) is 19.9 Å². The van der Waals surface area contributed by atoms with Gasteiger partial charge in [-0.2, -0.15) is 0 Å². The molecule has 0 aromatic carbocycles. The van der Waals surface area contributed by atoms with Crippen molar-refractivity contribution >= 4 is 0 Å². The third kappa shape index (κ3) is 18.3. The molecule has 2 nitrogen and oxygen atoms in total. The fourth-order valence-electron chi connectivity index (χ4n) is 4.05. The van der Waals surface area contributed by atoms with Crippen LogP contribution in [-0.4, -0.2) is 25.7 Å². The molecule has 0 aromatic heterocycles. The average molecular weight is 417 g/mol. The molecule has 0 aromatic rings. The van der Waals surface area contributed by atoms with Gasteiger partial charge in [-0.3, -0.25) is 4.39 Å². The van der Waals surface area contributed by atoms with E-state index in [0.29, 0.717) is 0 Å². The molecule has 0 spiro atoms. The van der Waals surface area contributed by atoms with Gasteiger partial charge >= 0.3 is 0 Å². The third-order valence-corrected chi connectivity index (χ3v) is 6.00. The van der Waals surface area contributed by atoms with E-state index in [1.807, 2.05) is 0 Å². The van der Waals surface area contributed by atoms with Crippen molar-refractivity contribution in [3.05, 3.63) is 0 Å². The zero-order valence-electron chi connectivity index (χ0n) is 20.3. The molecule has 0 aliphatic heterocycles. The lowest BCUT2D eigenvalue weighted by Gasteiger charge is -2.33. The summed E-state index contributed by atoms with van der Waals surface area (Å²) in [5, 5.41) is 0. The second-order valence-electron chi connectivity index (χ2n) is 8.64. The van der Waals surface area contributed by atoms with Crippen LogP contribution in [0.1, 0.15) is 143 Å². The van der Waals surface area contributed by atoms with E-state index in [9.17, 15) is 4.39 Å². The number of alkyl halides is 1. The Labute approximate surface area is 182 Å². The maximum Gasteiger partial charge on any atom is 0.167 e. The summed E-state index contributed by atoms with van der Waals surface area (Å²) in [5.41, 5.74) is 0. The number of halogens is 1. The summed E-state index contributed by atoms with van der Waals surface area (Å²) in [7, 11) is 0. The molecule has 0 amide bonds. The molecular formula is C26H53FO2. The summed E-state index contributed by atoms with van der Waals surface area (Å²) < 4.78 is 24.4. The quantitative estimate of drug-likeness (QED) is 0.115. The molecule has 3 heteroatoms. The second kappa shape index (κ2) is 22.5. The van der Waals surface area contributed by atoms with E-state index < -0.39 is 0 Å². The Balaban J connectivity index is 3.77. The molecule has 0 heterocycles. The van der Waals surface area contributed by atoms with Gasteiger partial charge in [0.1, 0.15) is 0 Å². The van der Waals surface area contributed by atoms with Crippen LogP contribution in [0.5, 0.6) is 0 Å². The largest absolute Gasteiger partial charge is 0.350 e. The van der Waals surface area contributed by atoms with Gasteiger partial charge in [0.2, 0.25) is 0 Å². The number of unbranched alkanes of at least 4 members (excludes halogenated alkanes) is 15. The number of hydrogen-bond acceptors (Lipinski definition) is 2. The Morgan fingerprint density at radius 1 is 0.552 bits per heavy atom. The predicted molar refractivity (Wildman–Crippen MR) is 125 cm³/mol. The Bertz CT molecular complexity index is 311. The maximum absolute atomic E-state index is 12.1. The van der Waals surface area contributed by atoms with Crippen LogP contribution >= 0.6 is 0 Å². The Hall–Kier alpha value is -0.150. The molecule has 0 aliphatic carbocycles. The van der Waals surface area contributed by atoms with Gasteiger partial charge < -0.3 is 9.47 Å². The first-order valence-electron chi connectivity index (χ1n) is 13.1. The highest BCUT2D eigenvalue weighted by Crippen LogP contribution is 2.26. The normalized spacial score (nSPS) is 13.7. The minimum Gasteiger partial charge on any atom is -0.350 e. The fraction of sp³-hybridized carbons (Fsp3) is 1.00. The lowest BCUT2D eigenvalue weighted by Crippen LogP contribution is -2.36. The average Bonchev–Trinajstić information content (AvgIpc) is 2.73. The van der Waals surface area contributed by atoms with Crippen LogP contribution in [0, 0.1) is 0 Å².